The molecule has 1 amide bonds. The van der Waals surface area contributed by atoms with Gasteiger partial charge in [0.15, 0.2) is 11.6 Å². The van der Waals surface area contributed by atoms with Gasteiger partial charge in [0.1, 0.15) is 5.78 Å². The van der Waals surface area contributed by atoms with E-state index in [0.717, 1.165) is 12.1 Å². The molecule has 0 atom stereocenters. The average molecular weight is 281 g/mol. The van der Waals surface area contributed by atoms with Crippen molar-refractivity contribution in [2.45, 2.75) is 38.1 Å². The average Bonchev–Trinajstić information content (AvgIpc) is 2.43. The summed E-state index contributed by atoms with van der Waals surface area (Å²) in [5.41, 5.74) is 0.452. The van der Waals surface area contributed by atoms with Crippen LogP contribution in [0.5, 0.6) is 0 Å². The first kappa shape index (κ1) is 14.6. The van der Waals surface area contributed by atoms with Crippen LogP contribution in [0, 0.1) is 11.6 Å². The molecule has 1 aliphatic carbocycles. The van der Waals surface area contributed by atoms with Gasteiger partial charge in [0.2, 0.25) is 5.91 Å². The van der Waals surface area contributed by atoms with Gasteiger partial charge in [-0.3, -0.25) is 9.59 Å². The number of benzene rings is 1. The van der Waals surface area contributed by atoms with E-state index in [0.29, 0.717) is 31.2 Å². The number of carbonyl (C=O) groups excluding carboxylic acids is 2. The number of rotatable bonds is 3. The molecule has 0 aliphatic heterocycles. The molecule has 0 N–H and O–H groups in total. The monoisotopic (exact) mass is 281 g/mol. The highest BCUT2D eigenvalue weighted by Crippen LogP contribution is 2.20. The molecule has 1 aromatic carbocycles. The number of halogens is 2. The van der Waals surface area contributed by atoms with Gasteiger partial charge in [0, 0.05) is 25.9 Å². The number of carbonyl (C=O) groups is 2. The van der Waals surface area contributed by atoms with Gasteiger partial charge in [0.05, 0.1) is 6.42 Å². The van der Waals surface area contributed by atoms with Crippen LogP contribution in [0.25, 0.3) is 0 Å². The molecule has 3 nitrogen and oxygen atoms in total. The van der Waals surface area contributed by atoms with Crippen molar-refractivity contribution >= 4 is 11.7 Å². The van der Waals surface area contributed by atoms with Crippen LogP contribution < -0.4 is 0 Å². The number of amides is 1. The van der Waals surface area contributed by atoms with Crippen LogP contribution in [0.1, 0.15) is 31.2 Å². The fourth-order valence-electron chi connectivity index (χ4n) is 2.46. The second-order valence-corrected chi connectivity index (χ2v) is 5.20. The lowest BCUT2D eigenvalue weighted by molar-refractivity contribution is -0.133. The van der Waals surface area contributed by atoms with Crippen molar-refractivity contribution in [3.05, 3.63) is 35.4 Å². The maximum atomic E-state index is 13.1. The second-order valence-electron chi connectivity index (χ2n) is 5.20. The molecule has 0 radical (unpaired) electrons. The van der Waals surface area contributed by atoms with Gasteiger partial charge in [-0.25, -0.2) is 8.78 Å². The lowest BCUT2D eigenvalue weighted by Crippen LogP contribution is -2.40. The van der Waals surface area contributed by atoms with Crippen LogP contribution in [0.3, 0.4) is 0 Å². The van der Waals surface area contributed by atoms with E-state index in [1.807, 2.05) is 0 Å². The molecule has 0 spiro atoms. The van der Waals surface area contributed by atoms with Crippen LogP contribution in [-0.4, -0.2) is 29.7 Å². The minimum atomic E-state index is -0.943. The molecular formula is C15H17F2NO2. The van der Waals surface area contributed by atoms with Gasteiger partial charge < -0.3 is 4.90 Å². The van der Waals surface area contributed by atoms with E-state index in [1.54, 1.807) is 11.9 Å². The van der Waals surface area contributed by atoms with Crippen molar-refractivity contribution in [2.24, 2.45) is 0 Å². The van der Waals surface area contributed by atoms with E-state index in [-0.39, 0.29) is 24.2 Å². The number of hydrogen-bond donors (Lipinski definition) is 0. The van der Waals surface area contributed by atoms with Crippen LogP contribution in [0.15, 0.2) is 18.2 Å². The topological polar surface area (TPSA) is 37.4 Å². The standard InChI is InChI=1S/C15H17F2NO2/c1-18(11-3-5-12(19)6-4-11)15(20)9-10-2-7-13(16)14(17)8-10/h2,7-8,11H,3-6,9H2,1H3. The fourth-order valence-corrected chi connectivity index (χ4v) is 2.46. The Balaban J connectivity index is 1.96. The molecule has 0 heterocycles. The molecule has 0 saturated heterocycles. The Kier molecular flexibility index (Phi) is 4.47. The van der Waals surface area contributed by atoms with Crippen molar-refractivity contribution in [3.8, 4) is 0 Å². The highest BCUT2D eigenvalue weighted by Gasteiger charge is 2.25. The summed E-state index contributed by atoms with van der Waals surface area (Å²) in [6.45, 7) is 0. The van der Waals surface area contributed by atoms with Crippen LogP contribution in [0.4, 0.5) is 8.78 Å². The quantitative estimate of drug-likeness (QED) is 0.853. The zero-order valence-electron chi connectivity index (χ0n) is 11.4. The molecule has 1 saturated carbocycles. The van der Waals surface area contributed by atoms with E-state index < -0.39 is 11.6 Å². The summed E-state index contributed by atoms with van der Waals surface area (Å²) in [4.78, 5) is 24.9. The third-order valence-electron chi connectivity index (χ3n) is 3.79. The molecule has 2 rings (SSSR count). The number of hydrogen-bond acceptors (Lipinski definition) is 2. The van der Waals surface area contributed by atoms with Crippen LogP contribution in [0.2, 0.25) is 0 Å². The largest absolute Gasteiger partial charge is 0.342 e. The molecule has 20 heavy (non-hydrogen) atoms. The van der Waals surface area contributed by atoms with Crippen molar-refractivity contribution in [1.82, 2.24) is 4.90 Å². The molecular weight excluding hydrogens is 264 g/mol. The summed E-state index contributed by atoms with van der Waals surface area (Å²) >= 11 is 0. The molecule has 1 fully saturated rings. The van der Waals surface area contributed by atoms with E-state index >= 15 is 0 Å². The van der Waals surface area contributed by atoms with E-state index in [2.05, 4.69) is 0 Å². The van der Waals surface area contributed by atoms with Crippen LogP contribution >= 0.6 is 0 Å². The number of Topliss-reactive ketones (excluding diaryl/α,β-unsaturated/α-hetero) is 1. The maximum absolute atomic E-state index is 13.1. The zero-order valence-corrected chi connectivity index (χ0v) is 11.4. The molecule has 0 unspecified atom stereocenters. The Morgan fingerprint density at radius 3 is 2.50 bits per heavy atom. The fraction of sp³-hybridized carbons (Fsp3) is 0.467. The summed E-state index contributed by atoms with van der Waals surface area (Å²) < 4.78 is 25.9. The molecule has 1 aromatic rings. The van der Waals surface area contributed by atoms with Crippen LogP contribution in [-0.2, 0) is 16.0 Å². The smallest absolute Gasteiger partial charge is 0.226 e. The van der Waals surface area contributed by atoms with Gasteiger partial charge in [-0.05, 0) is 30.5 Å². The minimum absolute atomic E-state index is 0.0398. The van der Waals surface area contributed by atoms with E-state index in [4.69, 9.17) is 0 Å². The highest BCUT2D eigenvalue weighted by molar-refractivity contribution is 5.81. The molecule has 1 aliphatic rings. The second kappa shape index (κ2) is 6.11. The molecule has 5 heteroatoms. The Morgan fingerprint density at radius 1 is 1.25 bits per heavy atom. The van der Waals surface area contributed by atoms with E-state index in [1.165, 1.54) is 6.07 Å². The zero-order chi connectivity index (χ0) is 14.7. The minimum Gasteiger partial charge on any atom is -0.342 e. The Bertz CT molecular complexity index is 521. The molecule has 0 bridgehead atoms. The molecule has 108 valence electrons. The Labute approximate surface area is 116 Å². The number of likely N-dealkylation sites (N-methyl/N-ethyl adjacent to an activating group) is 1. The maximum Gasteiger partial charge on any atom is 0.226 e. The number of ketones is 1. The summed E-state index contributed by atoms with van der Waals surface area (Å²) in [6, 6.07) is 3.54. The first-order valence-corrected chi connectivity index (χ1v) is 6.68. The normalized spacial score (nSPS) is 16.2. The predicted octanol–water partition coefficient (Wildman–Crippen LogP) is 2.48. The highest BCUT2D eigenvalue weighted by atomic mass is 19.2. The van der Waals surface area contributed by atoms with Gasteiger partial charge in [0.25, 0.3) is 0 Å². The lowest BCUT2D eigenvalue weighted by atomic mass is 9.93. The number of nitrogens with zero attached hydrogens (tertiary/aromatic N) is 1. The van der Waals surface area contributed by atoms with Crippen molar-refractivity contribution in [2.75, 3.05) is 7.05 Å². The lowest BCUT2D eigenvalue weighted by Gasteiger charge is -2.30. The first-order valence-electron chi connectivity index (χ1n) is 6.68. The summed E-state index contributed by atoms with van der Waals surface area (Å²) in [6.07, 6.45) is 2.41. The first-order chi connectivity index (χ1) is 9.47. The summed E-state index contributed by atoms with van der Waals surface area (Å²) in [7, 11) is 1.70. The summed E-state index contributed by atoms with van der Waals surface area (Å²) in [5, 5.41) is 0. The molecule has 0 aromatic heterocycles. The van der Waals surface area contributed by atoms with Crippen molar-refractivity contribution in [1.29, 1.82) is 0 Å². The SMILES string of the molecule is CN(C(=O)Cc1ccc(F)c(F)c1)C1CCC(=O)CC1. The van der Waals surface area contributed by atoms with Gasteiger partial charge in [-0.1, -0.05) is 6.07 Å². The van der Waals surface area contributed by atoms with Crippen molar-refractivity contribution in [3.63, 3.8) is 0 Å². The van der Waals surface area contributed by atoms with Crippen molar-refractivity contribution < 1.29 is 18.4 Å². The van der Waals surface area contributed by atoms with Gasteiger partial charge >= 0.3 is 0 Å². The van der Waals surface area contributed by atoms with Gasteiger partial charge in [-0.15, -0.1) is 0 Å². The summed E-state index contributed by atoms with van der Waals surface area (Å²) in [5.74, 6) is -1.76. The van der Waals surface area contributed by atoms with E-state index in [9.17, 15) is 18.4 Å². The van der Waals surface area contributed by atoms with Gasteiger partial charge in [-0.2, -0.15) is 0 Å². The third-order valence-corrected chi connectivity index (χ3v) is 3.79. The third kappa shape index (κ3) is 3.40. The Hall–Kier alpha value is -1.78. The Morgan fingerprint density at radius 2 is 1.90 bits per heavy atom. The predicted molar refractivity (Wildman–Crippen MR) is 70.1 cm³/mol.